The number of benzene rings is 1. The van der Waals surface area contributed by atoms with Gasteiger partial charge in [0.2, 0.25) is 5.75 Å². The maximum absolute atomic E-state index is 12.1. The van der Waals surface area contributed by atoms with Crippen LogP contribution in [0, 0.1) is 10.1 Å². The van der Waals surface area contributed by atoms with Gasteiger partial charge in [-0.2, -0.15) is 0 Å². The van der Waals surface area contributed by atoms with Crippen LogP contribution in [-0.4, -0.2) is 55.1 Å². The van der Waals surface area contributed by atoms with Gasteiger partial charge in [0.05, 0.1) is 12.0 Å². The fourth-order valence-corrected chi connectivity index (χ4v) is 2.34. The van der Waals surface area contributed by atoms with Gasteiger partial charge in [-0.25, -0.2) is 0 Å². The van der Waals surface area contributed by atoms with Gasteiger partial charge in [-0.05, 0) is 13.0 Å². The largest absolute Gasteiger partial charge is 0.490 e. The molecular formula is C14H20ClN3O5. The predicted molar refractivity (Wildman–Crippen MR) is 86.4 cm³/mol. The third kappa shape index (κ3) is 4.70. The standard InChI is InChI=1S/C14H19N3O5.ClH/c1-10-8-15-5-6-16(10)14(18)9-22-11-3-4-12(17(19)20)13(7-11)21-2;/h3-4,7,10,15H,5-6,8-9H2,1-2H3;1H/t10-;/m1./s1. The van der Waals surface area contributed by atoms with E-state index in [0.29, 0.717) is 12.3 Å². The van der Waals surface area contributed by atoms with Crippen LogP contribution in [0.25, 0.3) is 0 Å². The first-order valence-corrected chi connectivity index (χ1v) is 6.98. The summed E-state index contributed by atoms with van der Waals surface area (Å²) in [4.78, 5) is 24.2. The molecule has 1 aliphatic heterocycles. The third-order valence-electron chi connectivity index (χ3n) is 3.53. The van der Waals surface area contributed by atoms with E-state index in [1.54, 1.807) is 4.90 Å². The van der Waals surface area contributed by atoms with E-state index >= 15 is 0 Å². The Morgan fingerprint density at radius 1 is 1.52 bits per heavy atom. The molecule has 0 saturated carbocycles. The molecule has 2 rings (SSSR count). The molecule has 0 radical (unpaired) electrons. The van der Waals surface area contributed by atoms with Crippen molar-refractivity contribution in [3.63, 3.8) is 0 Å². The molecule has 1 fully saturated rings. The summed E-state index contributed by atoms with van der Waals surface area (Å²) in [5.41, 5.74) is -0.142. The van der Waals surface area contributed by atoms with Crippen molar-refractivity contribution in [2.45, 2.75) is 13.0 Å². The van der Waals surface area contributed by atoms with Gasteiger partial charge < -0.3 is 19.7 Å². The van der Waals surface area contributed by atoms with Crippen LogP contribution in [0.2, 0.25) is 0 Å². The Morgan fingerprint density at radius 2 is 2.26 bits per heavy atom. The lowest BCUT2D eigenvalue weighted by Gasteiger charge is -2.33. The summed E-state index contributed by atoms with van der Waals surface area (Å²) < 4.78 is 10.4. The van der Waals surface area contributed by atoms with E-state index in [9.17, 15) is 14.9 Å². The lowest BCUT2D eigenvalue weighted by atomic mass is 10.2. The number of nitro benzene ring substituents is 1. The topological polar surface area (TPSA) is 93.9 Å². The number of nitrogens with one attached hydrogen (secondary N) is 1. The highest BCUT2D eigenvalue weighted by Gasteiger charge is 2.23. The Kier molecular flexibility index (Phi) is 7.05. The van der Waals surface area contributed by atoms with Crippen molar-refractivity contribution in [2.75, 3.05) is 33.4 Å². The minimum atomic E-state index is -0.532. The van der Waals surface area contributed by atoms with Crippen molar-refractivity contribution in [3.05, 3.63) is 28.3 Å². The number of hydrogen-bond donors (Lipinski definition) is 1. The van der Waals surface area contributed by atoms with Gasteiger partial charge in [0, 0.05) is 37.8 Å². The van der Waals surface area contributed by atoms with E-state index in [1.165, 1.54) is 25.3 Å². The van der Waals surface area contributed by atoms with Gasteiger partial charge in [-0.3, -0.25) is 14.9 Å². The monoisotopic (exact) mass is 345 g/mol. The Bertz CT molecular complexity index is 569. The molecule has 1 aromatic rings. The van der Waals surface area contributed by atoms with E-state index in [0.717, 1.165) is 13.1 Å². The molecule has 0 aliphatic carbocycles. The summed E-state index contributed by atoms with van der Waals surface area (Å²) in [6, 6.07) is 4.28. The maximum atomic E-state index is 12.1. The molecule has 1 heterocycles. The van der Waals surface area contributed by atoms with Crippen molar-refractivity contribution < 1.29 is 19.2 Å². The quantitative estimate of drug-likeness (QED) is 0.637. The number of rotatable bonds is 5. The highest BCUT2D eigenvalue weighted by molar-refractivity contribution is 5.85. The van der Waals surface area contributed by atoms with Crippen molar-refractivity contribution in [2.24, 2.45) is 0 Å². The molecular weight excluding hydrogens is 326 g/mol. The Morgan fingerprint density at radius 3 is 2.87 bits per heavy atom. The van der Waals surface area contributed by atoms with Crippen LogP contribution in [-0.2, 0) is 4.79 Å². The van der Waals surface area contributed by atoms with Crippen molar-refractivity contribution >= 4 is 24.0 Å². The van der Waals surface area contributed by atoms with Crippen molar-refractivity contribution in [1.82, 2.24) is 10.2 Å². The zero-order valence-corrected chi connectivity index (χ0v) is 13.8. The van der Waals surface area contributed by atoms with Crippen LogP contribution in [0.1, 0.15) is 6.92 Å². The van der Waals surface area contributed by atoms with E-state index in [1.807, 2.05) is 6.92 Å². The molecule has 1 atom stereocenters. The molecule has 0 aromatic heterocycles. The maximum Gasteiger partial charge on any atom is 0.311 e. The normalized spacial score (nSPS) is 17.1. The first-order valence-electron chi connectivity index (χ1n) is 6.98. The fourth-order valence-electron chi connectivity index (χ4n) is 2.34. The minimum Gasteiger partial charge on any atom is -0.490 e. The van der Waals surface area contributed by atoms with Crippen molar-refractivity contribution in [1.29, 1.82) is 0 Å². The molecule has 0 bridgehead atoms. The van der Waals surface area contributed by atoms with Crippen LogP contribution in [0.15, 0.2) is 18.2 Å². The van der Waals surface area contributed by atoms with E-state index in [-0.39, 0.29) is 42.4 Å². The summed E-state index contributed by atoms with van der Waals surface area (Å²) in [6.07, 6.45) is 0. The van der Waals surface area contributed by atoms with Crippen molar-refractivity contribution in [3.8, 4) is 11.5 Å². The first-order chi connectivity index (χ1) is 10.5. The highest BCUT2D eigenvalue weighted by Crippen LogP contribution is 2.30. The first kappa shape index (κ1) is 19.0. The number of carbonyl (C=O) groups excluding carboxylic acids is 1. The number of carbonyl (C=O) groups is 1. The van der Waals surface area contributed by atoms with Crippen LogP contribution in [0.3, 0.4) is 0 Å². The van der Waals surface area contributed by atoms with Gasteiger partial charge in [-0.15, -0.1) is 12.4 Å². The number of nitrogens with zero attached hydrogens (tertiary/aromatic N) is 2. The molecule has 1 aromatic carbocycles. The van der Waals surface area contributed by atoms with E-state index in [4.69, 9.17) is 9.47 Å². The number of piperazine rings is 1. The van der Waals surface area contributed by atoms with Gasteiger partial charge in [0.1, 0.15) is 5.75 Å². The average molecular weight is 346 g/mol. The molecule has 9 heteroatoms. The third-order valence-corrected chi connectivity index (χ3v) is 3.53. The summed E-state index contributed by atoms with van der Waals surface area (Å²) in [6.45, 7) is 4.04. The van der Waals surface area contributed by atoms with Gasteiger partial charge in [0.25, 0.3) is 5.91 Å². The molecule has 1 N–H and O–H groups in total. The molecule has 0 spiro atoms. The van der Waals surface area contributed by atoms with Crippen LogP contribution < -0.4 is 14.8 Å². The van der Waals surface area contributed by atoms with E-state index in [2.05, 4.69) is 5.32 Å². The average Bonchev–Trinajstić information content (AvgIpc) is 2.52. The number of ether oxygens (including phenoxy) is 2. The minimum absolute atomic E-state index is 0. The summed E-state index contributed by atoms with van der Waals surface area (Å²) >= 11 is 0. The molecule has 1 amide bonds. The molecule has 8 nitrogen and oxygen atoms in total. The molecule has 1 aliphatic rings. The Hall–Kier alpha value is -2.06. The number of amides is 1. The molecule has 128 valence electrons. The molecule has 23 heavy (non-hydrogen) atoms. The van der Waals surface area contributed by atoms with Gasteiger partial charge in [0.15, 0.2) is 6.61 Å². The smallest absolute Gasteiger partial charge is 0.311 e. The summed E-state index contributed by atoms with van der Waals surface area (Å²) in [5.74, 6) is 0.357. The summed E-state index contributed by atoms with van der Waals surface area (Å²) in [5, 5.41) is 14.0. The zero-order chi connectivity index (χ0) is 16.1. The Labute approximate surface area is 140 Å². The number of halogens is 1. The predicted octanol–water partition coefficient (Wildman–Crippen LogP) is 1.22. The number of hydrogen-bond acceptors (Lipinski definition) is 6. The van der Waals surface area contributed by atoms with Crippen LogP contribution in [0.5, 0.6) is 11.5 Å². The molecule has 0 unspecified atom stereocenters. The lowest BCUT2D eigenvalue weighted by molar-refractivity contribution is -0.385. The second kappa shape index (κ2) is 8.54. The van der Waals surface area contributed by atoms with Crippen LogP contribution in [0.4, 0.5) is 5.69 Å². The fraction of sp³-hybridized carbons (Fsp3) is 0.500. The molecule has 1 saturated heterocycles. The second-order valence-electron chi connectivity index (χ2n) is 5.02. The van der Waals surface area contributed by atoms with Gasteiger partial charge in [-0.1, -0.05) is 0 Å². The zero-order valence-electron chi connectivity index (χ0n) is 13.0. The van der Waals surface area contributed by atoms with Gasteiger partial charge >= 0.3 is 5.69 Å². The number of nitro groups is 1. The summed E-state index contributed by atoms with van der Waals surface area (Å²) in [7, 11) is 1.35. The highest BCUT2D eigenvalue weighted by atomic mass is 35.5. The van der Waals surface area contributed by atoms with Crippen LogP contribution >= 0.6 is 12.4 Å². The second-order valence-corrected chi connectivity index (χ2v) is 5.02. The lowest BCUT2D eigenvalue weighted by Crippen LogP contribution is -2.53. The number of methoxy groups -OCH3 is 1. The SMILES string of the molecule is COc1cc(OCC(=O)N2CCNC[C@H]2C)ccc1[N+](=O)[O-].Cl. The Balaban J connectivity index is 0.00000264. The van der Waals surface area contributed by atoms with E-state index < -0.39 is 4.92 Å².